The molecule has 2 aromatic rings. The van der Waals surface area contributed by atoms with Crippen molar-refractivity contribution in [2.75, 3.05) is 30.4 Å². The van der Waals surface area contributed by atoms with Gasteiger partial charge < -0.3 is 20.3 Å². The van der Waals surface area contributed by atoms with Crippen LogP contribution in [0.25, 0.3) is 0 Å². The van der Waals surface area contributed by atoms with Gasteiger partial charge in [0.1, 0.15) is 5.75 Å². The van der Waals surface area contributed by atoms with Gasteiger partial charge in [-0.25, -0.2) is 0 Å². The third kappa shape index (κ3) is 4.63. The summed E-state index contributed by atoms with van der Waals surface area (Å²) in [5, 5.41) is 5.88. The monoisotopic (exact) mass is 381 g/mol. The second-order valence-electron chi connectivity index (χ2n) is 7.23. The van der Waals surface area contributed by atoms with Crippen LogP contribution in [0.5, 0.6) is 5.75 Å². The van der Waals surface area contributed by atoms with E-state index in [-0.39, 0.29) is 24.4 Å². The number of carbonyl (C=O) groups is 2. The molecule has 2 amide bonds. The van der Waals surface area contributed by atoms with Crippen molar-refractivity contribution in [1.82, 2.24) is 5.32 Å². The summed E-state index contributed by atoms with van der Waals surface area (Å²) in [6.45, 7) is 4.93. The van der Waals surface area contributed by atoms with Gasteiger partial charge in [-0.1, -0.05) is 6.07 Å². The molecule has 6 heteroatoms. The molecule has 2 aromatic carbocycles. The number of nitrogens with zero attached hydrogens (tertiary/aromatic N) is 1. The van der Waals surface area contributed by atoms with E-state index in [9.17, 15) is 9.59 Å². The summed E-state index contributed by atoms with van der Waals surface area (Å²) in [7, 11) is 1.61. The molecule has 0 aromatic heterocycles. The fraction of sp³-hybridized carbons (Fsp3) is 0.364. The van der Waals surface area contributed by atoms with Crippen molar-refractivity contribution < 1.29 is 14.3 Å². The van der Waals surface area contributed by atoms with Crippen LogP contribution in [0.1, 0.15) is 36.2 Å². The van der Waals surface area contributed by atoms with Crippen molar-refractivity contribution in [2.45, 2.75) is 32.7 Å². The fourth-order valence-electron chi connectivity index (χ4n) is 3.47. The van der Waals surface area contributed by atoms with Gasteiger partial charge in [0.2, 0.25) is 5.91 Å². The van der Waals surface area contributed by atoms with Crippen LogP contribution in [-0.4, -0.2) is 38.1 Å². The maximum Gasteiger partial charge on any atom is 0.251 e. The highest BCUT2D eigenvalue weighted by Gasteiger charge is 2.23. The molecular weight excluding hydrogens is 354 g/mol. The minimum atomic E-state index is -0.0879. The number of hydrogen-bond acceptors (Lipinski definition) is 4. The summed E-state index contributed by atoms with van der Waals surface area (Å²) in [6, 6.07) is 13.1. The molecule has 1 aliphatic heterocycles. The van der Waals surface area contributed by atoms with Crippen LogP contribution in [0.15, 0.2) is 42.5 Å². The lowest BCUT2D eigenvalue weighted by Gasteiger charge is -2.32. The minimum Gasteiger partial charge on any atom is -0.497 e. The highest BCUT2D eigenvalue weighted by Crippen LogP contribution is 2.30. The number of benzene rings is 2. The molecule has 1 aliphatic rings. The van der Waals surface area contributed by atoms with E-state index < -0.39 is 0 Å². The molecular formula is C22H27N3O3. The largest absolute Gasteiger partial charge is 0.497 e. The van der Waals surface area contributed by atoms with E-state index in [2.05, 4.69) is 10.6 Å². The summed E-state index contributed by atoms with van der Waals surface area (Å²) in [5.41, 5.74) is 3.41. The number of nitrogens with one attached hydrogen (secondary N) is 2. The second-order valence-corrected chi connectivity index (χ2v) is 7.23. The van der Waals surface area contributed by atoms with E-state index in [4.69, 9.17) is 4.74 Å². The van der Waals surface area contributed by atoms with Crippen molar-refractivity contribution in [2.24, 2.45) is 0 Å². The molecule has 1 heterocycles. The topological polar surface area (TPSA) is 70.7 Å². The van der Waals surface area contributed by atoms with Crippen molar-refractivity contribution in [3.8, 4) is 5.75 Å². The lowest BCUT2D eigenvalue weighted by molar-refractivity contribution is -0.115. The third-order valence-electron chi connectivity index (χ3n) is 4.72. The number of hydrogen-bond donors (Lipinski definition) is 2. The molecule has 0 saturated heterocycles. The lowest BCUT2D eigenvalue weighted by Crippen LogP contribution is -2.38. The van der Waals surface area contributed by atoms with Crippen LogP contribution in [0.2, 0.25) is 0 Å². The Morgan fingerprint density at radius 3 is 2.57 bits per heavy atom. The Bertz CT molecular complexity index is 847. The zero-order chi connectivity index (χ0) is 20.1. The highest BCUT2D eigenvalue weighted by molar-refractivity contribution is 5.98. The van der Waals surface area contributed by atoms with E-state index in [1.54, 1.807) is 7.11 Å². The first kappa shape index (κ1) is 19.7. The van der Waals surface area contributed by atoms with E-state index >= 15 is 0 Å². The second kappa shape index (κ2) is 8.78. The van der Waals surface area contributed by atoms with Gasteiger partial charge in [-0.05, 0) is 68.7 Å². The molecule has 6 nitrogen and oxygen atoms in total. The van der Waals surface area contributed by atoms with Crippen molar-refractivity contribution in [1.29, 1.82) is 0 Å². The first-order chi connectivity index (χ1) is 13.5. The van der Waals surface area contributed by atoms with Crippen molar-refractivity contribution in [3.63, 3.8) is 0 Å². The Morgan fingerprint density at radius 1 is 1.14 bits per heavy atom. The predicted molar refractivity (Wildman–Crippen MR) is 111 cm³/mol. The normalized spacial score (nSPS) is 13.1. The smallest absolute Gasteiger partial charge is 0.251 e. The average Bonchev–Trinajstić information content (AvgIpc) is 2.68. The fourth-order valence-corrected chi connectivity index (χ4v) is 3.47. The molecule has 2 N–H and O–H groups in total. The molecule has 0 spiro atoms. The summed E-state index contributed by atoms with van der Waals surface area (Å²) in [5.74, 6) is 0.599. The Labute approximate surface area is 165 Å². The van der Waals surface area contributed by atoms with Gasteiger partial charge in [-0.2, -0.15) is 0 Å². The van der Waals surface area contributed by atoms with E-state index in [0.717, 1.165) is 42.1 Å². The van der Waals surface area contributed by atoms with Gasteiger partial charge in [0.25, 0.3) is 5.91 Å². The van der Waals surface area contributed by atoms with Crippen LogP contribution in [0.3, 0.4) is 0 Å². The Hall–Kier alpha value is -3.02. The number of amides is 2. The van der Waals surface area contributed by atoms with Crippen molar-refractivity contribution >= 4 is 23.2 Å². The molecule has 0 fully saturated rings. The molecule has 0 radical (unpaired) electrons. The van der Waals surface area contributed by atoms with Crippen LogP contribution >= 0.6 is 0 Å². The summed E-state index contributed by atoms with van der Waals surface area (Å²) < 4.78 is 5.14. The molecule has 0 aliphatic carbocycles. The van der Waals surface area contributed by atoms with Crippen molar-refractivity contribution in [3.05, 3.63) is 53.6 Å². The zero-order valence-electron chi connectivity index (χ0n) is 16.6. The number of carbonyl (C=O) groups excluding carboxylic acids is 2. The van der Waals surface area contributed by atoms with Gasteiger partial charge >= 0.3 is 0 Å². The van der Waals surface area contributed by atoms with Gasteiger partial charge in [-0.3, -0.25) is 9.59 Å². The Kier molecular flexibility index (Phi) is 6.19. The molecule has 148 valence electrons. The lowest BCUT2D eigenvalue weighted by atomic mass is 9.95. The summed E-state index contributed by atoms with van der Waals surface area (Å²) in [6.07, 6.45) is 1.75. The molecule has 0 bridgehead atoms. The van der Waals surface area contributed by atoms with E-state index in [1.165, 1.54) is 0 Å². The van der Waals surface area contributed by atoms with Crippen LogP contribution < -0.4 is 20.3 Å². The van der Waals surface area contributed by atoms with Crippen LogP contribution in [0, 0.1) is 0 Å². The number of anilines is 2. The third-order valence-corrected chi connectivity index (χ3v) is 4.72. The molecule has 3 rings (SSSR count). The standard InChI is InChI=1S/C22H27N3O3/c1-15(2)23-22(27)19-6-4-8-20-18(19)7-5-13-25(20)14-21(26)24-16-9-11-17(28-3)12-10-16/h4,6,8-12,15H,5,7,13-14H2,1-3H3,(H,23,27)(H,24,26). The number of methoxy groups -OCH3 is 1. The predicted octanol–water partition coefficient (Wildman–Crippen LogP) is 3.22. The van der Waals surface area contributed by atoms with Crippen LogP contribution in [-0.2, 0) is 11.2 Å². The minimum absolute atomic E-state index is 0.0589. The van der Waals surface area contributed by atoms with Gasteiger partial charge in [-0.15, -0.1) is 0 Å². The van der Waals surface area contributed by atoms with Gasteiger partial charge in [0, 0.05) is 29.5 Å². The number of rotatable bonds is 6. The Morgan fingerprint density at radius 2 is 1.89 bits per heavy atom. The Balaban J connectivity index is 1.73. The van der Waals surface area contributed by atoms with Gasteiger partial charge in [0.15, 0.2) is 0 Å². The molecule has 0 unspecified atom stereocenters. The summed E-state index contributed by atoms with van der Waals surface area (Å²) in [4.78, 5) is 27.1. The maximum absolute atomic E-state index is 12.5. The average molecular weight is 381 g/mol. The molecule has 0 saturated carbocycles. The first-order valence-corrected chi connectivity index (χ1v) is 9.59. The first-order valence-electron chi connectivity index (χ1n) is 9.59. The van der Waals surface area contributed by atoms with Crippen LogP contribution in [0.4, 0.5) is 11.4 Å². The highest BCUT2D eigenvalue weighted by atomic mass is 16.5. The quantitative estimate of drug-likeness (QED) is 0.806. The molecule has 0 atom stereocenters. The summed E-state index contributed by atoms with van der Waals surface area (Å²) >= 11 is 0. The SMILES string of the molecule is COc1ccc(NC(=O)CN2CCCc3c(C(=O)NC(C)C)cccc32)cc1. The van der Waals surface area contributed by atoms with E-state index in [0.29, 0.717) is 5.56 Å². The zero-order valence-corrected chi connectivity index (χ0v) is 16.6. The maximum atomic E-state index is 12.5. The number of fused-ring (bicyclic) bond motifs is 1. The number of ether oxygens (including phenoxy) is 1. The van der Waals surface area contributed by atoms with E-state index in [1.807, 2.05) is 61.2 Å². The van der Waals surface area contributed by atoms with Gasteiger partial charge in [0.05, 0.1) is 13.7 Å². The molecule has 28 heavy (non-hydrogen) atoms.